The normalized spacial score (nSPS) is 14.5. The van der Waals surface area contributed by atoms with E-state index in [9.17, 15) is 13.2 Å². The van der Waals surface area contributed by atoms with Gasteiger partial charge >= 0.3 is 5.97 Å². The van der Waals surface area contributed by atoms with E-state index in [1.54, 1.807) is 0 Å². The molecule has 0 amide bonds. The molecule has 0 rings (SSSR count). The van der Waals surface area contributed by atoms with Crippen molar-refractivity contribution in [3.05, 3.63) is 0 Å². The van der Waals surface area contributed by atoms with Crippen LogP contribution in [0.2, 0.25) is 0 Å². The SMILES string of the molecule is CC(C)CC(CNS(=O)(=O)CCC(C)(C)C)CC(=O)O. The summed E-state index contributed by atoms with van der Waals surface area (Å²) in [5.74, 6) is -0.613. The van der Waals surface area contributed by atoms with Gasteiger partial charge in [-0.1, -0.05) is 34.6 Å². The smallest absolute Gasteiger partial charge is 0.303 e. The summed E-state index contributed by atoms with van der Waals surface area (Å²) < 4.78 is 26.3. The van der Waals surface area contributed by atoms with Crippen molar-refractivity contribution in [1.29, 1.82) is 0 Å². The zero-order valence-electron chi connectivity index (χ0n) is 13.3. The van der Waals surface area contributed by atoms with Gasteiger partial charge in [0.15, 0.2) is 0 Å². The lowest BCUT2D eigenvalue weighted by Crippen LogP contribution is -2.33. The van der Waals surface area contributed by atoms with Crippen LogP contribution in [0.1, 0.15) is 53.9 Å². The molecule has 0 heterocycles. The summed E-state index contributed by atoms with van der Waals surface area (Å²) in [4.78, 5) is 10.8. The van der Waals surface area contributed by atoms with E-state index >= 15 is 0 Å². The summed E-state index contributed by atoms with van der Waals surface area (Å²) in [6, 6.07) is 0. The van der Waals surface area contributed by atoms with Crippen molar-refractivity contribution < 1.29 is 18.3 Å². The van der Waals surface area contributed by atoms with Gasteiger partial charge in [0.05, 0.1) is 5.75 Å². The highest BCUT2D eigenvalue weighted by Gasteiger charge is 2.20. The summed E-state index contributed by atoms with van der Waals surface area (Å²) in [7, 11) is -3.32. The average Bonchev–Trinajstić information content (AvgIpc) is 2.21. The van der Waals surface area contributed by atoms with Crippen molar-refractivity contribution in [2.45, 2.75) is 53.9 Å². The Hall–Kier alpha value is -0.620. The highest BCUT2D eigenvalue weighted by molar-refractivity contribution is 7.89. The summed E-state index contributed by atoms with van der Waals surface area (Å²) in [6.07, 6.45) is 1.28. The number of sulfonamides is 1. The minimum absolute atomic E-state index is 0.0000289. The molecule has 120 valence electrons. The van der Waals surface area contributed by atoms with E-state index in [0.29, 0.717) is 18.8 Å². The molecule has 0 bridgehead atoms. The average molecular weight is 307 g/mol. The predicted octanol–water partition coefficient (Wildman–Crippen LogP) is 2.48. The number of hydrogen-bond donors (Lipinski definition) is 2. The molecule has 2 N–H and O–H groups in total. The molecular weight excluding hydrogens is 278 g/mol. The standard InChI is InChI=1S/C14H29NO4S/c1-11(2)8-12(9-13(16)17)10-15-20(18,19)7-6-14(3,4)5/h11-12,15H,6-10H2,1-5H3,(H,16,17). The molecule has 0 aromatic heterocycles. The fourth-order valence-electron chi connectivity index (χ4n) is 1.91. The Balaban J connectivity index is 4.40. The first-order chi connectivity index (χ1) is 8.91. The zero-order chi connectivity index (χ0) is 16.0. The molecule has 0 aliphatic rings. The van der Waals surface area contributed by atoms with E-state index in [0.717, 1.165) is 0 Å². The molecule has 0 saturated heterocycles. The first-order valence-electron chi connectivity index (χ1n) is 7.10. The van der Waals surface area contributed by atoms with Crippen molar-refractivity contribution in [3.63, 3.8) is 0 Å². The van der Waals surface area contributed by atoms with Crippen molar-refractivity contribution in [2.24, 2.45) is 17.3 Å². The van der Waals surface area contributed by atoms with Crippen molar-refractivity contribution >= 4 is 16.0 Å². The molecule has 0 spiro atoms. The van der Waals surface area contributed by atoms with Gasteiger partial charge in [-0.3, -0.25) is 4.79 Å². The highest BCUT2D eigenvalue weighted by Crippen LogP contribution is 2.19. The van der Waals surface area contributed by atoms with Crippen LogP contribution >= 0.6 is 0 Å². The number of carbonyl (C=O) groups is 1. The molecule has 0 fully saturated rings. The van der Waals surface area contributed by atoms with E-state index in [2.05, 4.69) is 4.72 Å². The van der Waals surface area contributed by atoms with Crippen LogP contribution in [0.5, 0.6) is 0 Å². The zero-order valence-corrected chi connectivity index (χ0v) is 14.1. The van der Waals surface area contributed by atoms with Crippen LogP contribution in [0.25, 0.3) is 0 Å². The predicted molar refractivity (Wildman–Crippen MR) is 81.1 cm³/mol. The summed E-state index contributed by atoms with van der Waals surface area (Å²) in [5.41, 5.74) is -0.0346. The topological polar surface area (TPSA) is 83.5 Å². The van der Waals surface area contributed by atoms with Crippen LogP contribution in [0, 0.1) is 17.3 Å². The Bertz CT molecular complexity index is 396. The summed E-state index contributed by atoms with van der Waals surface area (Å²) >= 11 is 0. The van der Waals surface area contributed by atoms with Crippen LogP contribution in [-0.4, -0.2) is 31.8 Å². The second-order valence-electron chi connectivity index (χ2n) is 7.07. The molecular formula is C14H29NO4S. The van der Waals surface area contributed by atoms with E-state index in [-0.39, 0.29) is 30.1 Å². The number of aliphatic carboxylic acids is 1. The Labute approximate surface area is 123 Å². The van der Waals surface area contributed by atoms with Gasteiger partial charge in [0.2, 0.25) is 10.0 Å². The van der Waals surface area contributed by atoms with E-state index < -0.39 is 16.0 Å². The molecule has 0 radical (unpaired) electrons. The lowest BCUT2D eigenvalue weighted by molar-refractivity contribution is -0.138. The second kappa shape index (κ2) is 7.98. The fraction of sp³-hybridized carbons (Fsp3) is 0.929. The molecule has 0 aliphatic heterocycles. The lowest BCUT2D eigenvalue weighted by Gasteiger charge is -2.20. The Morgan fingerprint density at radius 3 is 2.20 bits per heavy atom. The number of hydrogen-bond acceptors (Lipinski definition) is 3. The maximum absolute atomic E-state index is 11.9. The highest BCUT2D eigenvalue weighted by atomic mass is 32.2. The lowest BCUT2D eigenvalue weighted by atomic mass is 9.94. The first kappa shape index (κ1) is 19.4. The summed E-state index contributed by atoms with van der Waals surface area (Å²) in [6.45, 7) is 10.2. The van der Waals surface area contributed by atoms with Crippen molar-refractivity contribution in [2.75, 3.05) is 12.3 Å². The Kier molecular flexibility index (Phi) is 7.73. The minimum atomic E-state index is -3.32. The second-order valence-corrected chi connectivity index (χ2v) is 9.00. The monoisotopic (exact) mass is 307 g/mol. The van der Waals surface area contributed by atoms with E-state index in [1.165, 1.54) is 0 Å². The fourth-order valence-corrected chi connectivity index (χ4v) is 3.43. The molecule has 0 aliphatic carbocycles. The number of rotatable bonds is 9. The number of carboxylic acids is 1. The van der Waals surface area contributed by atoms with Crippen molar-refractivity contribution in [1.82, 2.24) is 4.72 Å². The molecule has 1 atom stereocenters. The number of carboxylic acid groups (broad SMARTS) is 1. The van der Waals surface area contributed by atoms with Crippen LogP contribution in [-0.2, 0) is 14.8 Å². The maximum atomic E-state index is 11.9. The largest absolute Gasteiger partial charge is 0.481 e. The van der Waals surface area contributed by atoms with Crippen LogP contribution in [0.3, 0.4) is 0 Å². The third-order valence-corrected chi connectivity index (χ3v) is 4.33. The molecule has 5 nitrogen and oxygen atoms in total. The van der Waals surface area contributed by atoms with Crippen LogP contribution in [0.15, 0.2) is 0 Å². The minimum Gasteiger partial charge on any atom is -0.481 e. The van der Waals surface area contributed by atoms with Gasteiger partial charge in [0, 0.05) is 13.0 Å². The van der Waals surface area contributed by atoms with Crippen molar-refractivity contribution in [3.8, 4) is 0 Å². The van der Waals surface area contributed by atoms with Crippen LogP contribution in [0.4, 0.5) is 0 Å². The Morgan fingerprint density at radius 2 is 1.80 bits per heavy atom. The van der Waals surface area contributed by atoms with Gasteiger partial charge in [-0.05, 0) is 30.1 Å². The molecule has 0 aromatic carbocycles. The van der Waals surface area contributed by atoms with E-state index in [1.807, 2.05) is 34.6 Å². The molecule has 6 heteroatoms. The van der Waals surface area contributed by atoms with Gasteiger partial charge in [-0.25, -0.2) is 13.1 Å². The van der Waals surface area contributed by atoms with Gasteiger partial charge in [-0.15, -0.1) is 0 Å². The first-order valence-corrected chi connectivity index (χ1v) is 8.75. The van der Waals surface area contributed by atoms with Gasteiger partial charge in [-0.2, -0.15) is 0 Å². The van der Waals surface area contributed by atoms with E-state index in [4.69, 9.17) is 5.11 Å². The summed E-state index contributed by atoms with van der Waals surface area (Å²) in [5, 5.41) is 8.86. The third kappa shape index (κ3) is 11.2. The molecule has 1 unspecified atom stereocenters. The molecule has 0 aromatic rings. The van der Waals surface area contributed by atoms with Gasteiger partial charge in [0.1, 0.15) is 0 Å². The van der Waals surface area contributed by atoms with Crippen LogP contribution < -0.4 is 4.72 Å². The maximum Gasteiger partial charge on any atom is 0.303 e. The quantitative estimate of drug-likeness (QED) is 0.685. The number of nitrogens with one attached hydrogen (secondary N) is 1. The van der Waals surface area contributed by atoms with Gasteiger partial charge in [0.25, 0.3) is 0 Å². The molecule has 20 heavy (non-hydrogen) atoms. The Morgan fingerprint density at radius 1 is 1.25 bits per heavy atom. The molecule has 0 saturated carbocycles. The third-order valence-electron chi connectivity index (χ3n) is 2.98. The van der Waals surface area contributed by atoms with Gasteiger partial charge < -0.3 is 5.11 Å².